The molecule has 0 amide bonds. The van der Waals surface area contributed by atoms with Crippen molar-refractivity contribution in [2.24, 2.45) is 17.3 Å². The number of aliphatic hydroxyl groups is 1. The van der Waals surface area contributed by atoms with E-state index in [9.17, 15) is 9.90 Å². The molecule has 0 aromatic rings. The van der Waals surface area contributed by atoms with E-state index in [-0.39, 0.29) is 23.9 Å². The van der Waals surface area contributed by atoms with Gasteiger partial charge in [0.15, 0.2) is 0 Å². The summed E-state index contributed by atoms with van der Waals surface area (Å²) in [5.74, 6) is 0.893. The Hall–Kier alpha value is -0.370. The molecule has 0 heterocycles. The third kappa shape index (κ3) is 4.38. The molecule has 18 heavy (non-hydrogen) atoms. The number of aliphatic hydroxyl groups excluding tert-OH is 1. The number of rotatable bonds is 9. The van der Waals surface area contributed by atoms with Crippen molar-refractivity contribution in [1.29, 1.82) is 0 Å². The van der Waals surface area contributed by atoms with Crippen molar-refractivity contribution in [3.63, 3.8) is 0 Å². The maximum Gasteiger partial charge on any atom is 0.138 e. The van der Waals surface area contributed by atoms with E-state index >= 15 is 0 Å². The van der Waals surface area contributed by atoms with Crippen LogP contribution >= 0.6 is 0 Å². The first kappa shape index (κ1) is 15.7. The topological polar surface area (TPSA) is 37.3 Å². The lowest BCUT2D eigenvalue weighted by atomic mass is 9.61. The predicted molar refractivity (Wildman–Crippen MR) is 75.5 cm³/mol. The molecule has 1 unspecified atom stereocenters. The first-order valence-corrected chi connectivity index (χ1v) is 7.67. The summed E-state index contributed by atoms with van der Waals surface area (Å²) in [5, 5.41) is 9.20. The lowest BCUT2D eigenvalue weighted by Gasteiger charge is -2.44. The number of ketones is 1. The van der Waals surface area contributed by atoms with Gasteiger partial charge in [-0.05, 0) is 24.7 Å². The highest BCUT2D eigenvalue weighted by Crippen LogP contribution is 2.46. The fourth-order valence-corrected chi connectivity index (χ4v) is 3.06. The Labute approximate surface area is 112 Å². The quantitative estimate of drug-likeness (QED) is 0.632. The van der Waals surface area contributed by atoms with Crippen LogP contribution in [0.15, 0.2) is 0 Å². The molecule has 0 radical (unpaired) electrons. The number of carbonyl (C=O) groups is 1. The van der Waals surface area contributed by atoms with Crippen molar-refractivity contribution >= 4 is 5.78 Å². The van der Waals surface area contributed by atoms with Crippen LogP contribution in [0.5, 0.6) is 0 Å². The molecule has 2 nitrogen and oxygen atoms in total. The van der Waals surface area contributed by atoms with Gasteiger partial charge in [0, 0.05) is 18.4 Å². The molecule has 1 rings (SSSR count). The van der Waals surface area contributed by atoms with Gasteiger partial charge in [0.05, 0.1) is 0 Å². The predicted octanol–water partition coefficient (Wildman–Crippen LogP) is 3.96. The van der Waals surface area contributed by atoms with Crippen molar-refractivity contribution in [2.75, 3.05) is 6.61 Å². The Morgan fingerprint density at radius 1 is 1.28 bits per heavy atom. The second kappa shape index (κ2) is 7.28. The molecular weight excluding hydrogens is 224 g/mol. The third-order valence-corrected chi connectivity index (χ3v) is 4.49. The lowest BCUT2D eigenvalue weighted by molar-refractivity contribution is -0.135. The molecule has 0 aromatic carbocycles. The Bertz CT molecular complexity index is 254. The standard InChI is InChI=1S/C16H30O2/c1-4-5-6-7-8-9-13(2)15(18)14-10-16(3,11-14)12-17/h13-14,17H,4-12H2,1-3H3. The summed E-state index contributed by atoms with van der Waals surface area (Å²) < 4.78 is 0. The van der Waals surface area contributed by atoms with E-state index in [4.69, 9.17) is 0 Å². The molecule has 0 bridgehead atoms. The first-order valence-electron chi connectivity index (χ1n) is 7.67. The summed E-state index contributed by atoms with van der Waals surface area (Å²) in [4.78, 5) is 12.2. The highest BCUT2D eigenvalue weighted by atomic mass is 16.3. The summed E-state index contributed by atoms with van der Waals surface area (Å²) in [7, 11) is 0. The smallest absolute Gasteiger partial charge is 0.138 e. The van der Waals surface area contributed by atoms with E-state index < -0.39 is 0 Å². The van der Waals surface area contributed by atoms with E-state index in [0.29, 0.717) is 5.78 Å². The van der Waals surface area contributed by atoms with Gasteiger partial charge in [-0.1, -0.05) is 52.9 Å². The van der Waals surface area contributed by atoms with Crippen LogP contribution in [0.2, 0.25) is 0 Å². The van der Waals surface area contributed by atoms with Gasteiger partial charge in [0.25, 0.3) is 0 Å². The number of carbonyl (C=O) groups excluding carboxylic acids is 1. The number of Topliss-reactive ketones (excluding diaryl/α,β-unsaturated/α-hetero) is 1. The Morgan fingerprint density at radius 3 is 2.44 bits per heavy atom. The van der Waals surface area contributed by atoms with Crippen molar-refractivity contribution in [2.45, 2.75) is 72.1 Å². The third-order valence-electron chi connectivity index (χ3n) is 4.49. The summed E-state index contributed by atoms with van der Waals surface area (Å²) in [6.07, 6.45) is 9.20. The minimum absolute atomic E-state index is 0.0289. The van der Waals surface area contributed by atoms with E-state index in [1.165, 1.54) is 32.1 Å². The van der Waals surface area contributed by atoms with Crippen LogP contribution in [-0.4, -0.2) is 17.5 Å². The second-order valence-corrected chi connectivity index (χ2v) is 6.58. The molecule has 1 fully saturated rings. The van der Waals surface area contributed by atoms with Crippen molar-refractivity contribution in [3.8, 4) is 0 Å². The van der Waals surface area contributed by atoms with E-state index in [1.807, 2.05) is 0 Å². The molecule has 0 spiro atoms. The van der Waals surface area contributed by atoms with Crippen molar-refractivity contribution in [1.82, 2.24) is 0 Å². The fraction of sp³-hybridized carbons (Fsp3) is 0.938. The van der Waals surface area contributed by atoms with Gasteiger partial charge in [0.2, 0.25) is 0 Å². The fourth-order valence-electron chi connectivity index (χ4n) is 3.06. The zero-order valence-corrected chi connectivity index (χ0v) is 12.4. The van der Waals surface area contributed by atoms with Crippen LogP contribution < -0.4 is 0 Å². The molecular formula is C16H30O2. The number of hydrogen-bond acceptors (Lipinski definition) is 2. The zero-order valence-electron chi connectivity index (χ0n) is 12.4. The highest BCUT2D eigenvalue weighted by molar-refractivity contribution is 5.84. The minimum Gasteiger partial charge on any atom is -0.396 e. The molecule has 1 atom stereocenters. The molecule has 0 aliphatic heterocycles. The summed E-state index contributed by atoms with van der Waals surface area (Å²) in [5.41, 5.74) is 0.0289. The molecule has 2 heteroatoms. The maximum atomic E-state index is 12.2. The normalized spacial score (nSPS) is 28.8. The Balaban J connectivity index is 2.15. The molecule has 1 saturated carbocycles. The molecule has 0 saturated heterocycles. The van der Waals surface area contributed by atoms with Crippen LogP contribution in [0.25, 0.3) is 0 Å². The van der Waals surface area contributed by atoms with Gasteiger partial charge >= 0.3 is 0 Å². The van der Waals surface area contributed by atoms with Gasteiger partial charge in [-0.3, -0.25) is 4.79 Å². The molecule has 106 valence electrons. The SMILES string of the molecule is CCCCCCCC(C)C(=O)C1CC(C)(CO)C1. The lowest BCUT2D eigenvalue weighted by Crippen LogP contribution is -2.43. The summed E-state index contributed by atoms with van der Waals surface area (Å²) in [6, 6.07) is 0. The first-order chi connectivity index (χ1) is 8.52. The number of unbranched alkanes of at least 4 members (excludes halogenated alkanes) is 4. The zero-order chi connectivity index (χ0) is 13.6. The van der Waals surface area contributed by atoms with Gasteiger partial charge in [-0.25, -0.2) is 0 Å². The van der Waals surface area contributed by atoms with Gasteiger partial charge in [-0.2, -0.15) is 0 Å². The van der Waals surface area contributed by atoms with E-state index in [0.717, 1.165) is 19.3 Å². The average molecular weight is 254 g/mol. The van der Waals surface area contributed by atoms with E-state index in [2.05, 4.69) is 20.8 Å². The molecule has 1 aliphatic rings. The largest absolute Gasteiger partial charge is 0.396 e. The van der Waals surface area contributed by atoms with Crippen LogP contribution in [-0.2, 0) is 4.79 Å². The van der Waals surface area contributed by atoms with Crippen molar-refractivity contribution in [3.05, 3.63) is 0 Å². The molecule has 0 aromatic heterocycles. The van der Waals surface area contributed by atoms with Crippen LogP contribution in [0, 0.1) is 17.3 Å². The van der Waals surface area contributed by atoms with E-state index in [1.54, 1.807) is 0 Å². The average Bonchev–Trinajstić information content (AvgIpc) is 2.33. The van der Waals surface area contributed by atoms with Crippen LogP contribution in [0.4, 0.5) is 0 Å². The highest BCUT2D eigenvalue weighted by Gasteiger charge is 2.43. The van der Waals surface area contributed by atoms with Gasteiger partial charge < -0.3 is 5.11 Å². The Morgan fingerprint density at radius 2 is 1.89 bits per heavy atom. The molecule has 1 N–H and O–H groups in total. The minimum atomic E-state index is 0.0289. The monoisotopic (exact) mass is 254 g/mol. The Kier molecular flexibility index (Phi) is 6.34. The van der Waals surface area contributed by atoms with Crippen molar-refractivity contribution < 1.29 is 9.90 Å². The van der Waals surface area contributed by atoms with Gasteiger partial charge in [0.1, 0.15) is 5.78 Å². The van der Waals surface area contributed by atoms with Gasteiger partial charge in [-0.15, -0.1) is 0 Å². The van der Waals surface area contributed by atoms with Crippen LogP contribution in [0.3, 0.4) is 0 Å². The number of hydrogen-bond donors (Lipinski definition) is 1. The van der Waals surface area contributed by atoms with Crippen LogP contribution in [0.1, 0.15) is 72.1 Å². The summed E-state index contributed by atoms with van der Waals surface area (Å²) >= 11 is 0. The second-order valence-electron chi connectivity index (χ2n) is 6.58. The maximum absolute atomic E-state index is 12.2. The molecule has 1 aliphatic carbocycles. The summed E-state index contributed by atoms with van der Waals surface area (Å²) in [6.45, 7) is 6.60.